The minimum atomic E-state index is -7.46. The van der Waals surface area contributed by atoms with Crippen molar-refractivity contribution in [3.8, 4) is 0 Å². The van der Waals surface area contributed by atoms with Gasteiger partial charge in [0, 0.05) is 30.3 Å². The summed E-state index contributed by atoms with van der Waals surface area (Å²) in [5.74, 6) is -19.0. The number of carboxylic acid groups (broad SMARTS) is 1. The number of carbonyl (C=O) groups is 3. The first-order valence-corrected chi connectivity index (χ1v) is 20.0. The highest BCUT2D eigenvalue weighted by Crippen LogP contribution is 2.55. The van der Waals surface area contributed by atoms with Gasteiger partial charge < -0.3 is 9.84 Å². The zero-order valence-corrected chi connectivity index (χ0v) is 32.9. The van der Waals surface area contributed by atoms with Crippen LogP contribution in [-0.2, 0) is 29.1 Å². The van der Waals surface area contributed by atoms with Gasteiger partial charge in [-0.2, -0.15) is 43.8 Å². The van der Waals surface area contributed by atoms with Gasteiger partial charge in [-0.05, 0) is 44.8 Å². The molecule has 0 atom stereocenters. The lowest BCUT2D eigenvalue weighted by molar-refractivity contribution is -0.382. The predicted molar refractivity (Wildman–Crippen MR) is 190 cm³/mol. The highest BCUT2D eigenvalue weighted by molar-refractivity contribution is 7.90. The summed E-state index contributed by atoms with van der Waals surface area (Å²) in [5.41, 5.74) is -1.61. The smallest absolute Gasteiger partial charge is 0.460 e. The Labute approximate surface area is 318 Å². The molecule has 0 rings (SSSR count). The number of rotatable bonds is 29. The number of hydrogen-bond donors (Lipinski definition) is 1. The van der Waals surface area contributed by atoms with Gasteiger partial charge in [0.1, 0.15) is 0 Å². The van der Waals surface area contributed by atoms with E-state index in [2.05, 4.69) is 13.5 Å². The molecule has 1 N–H and O–H groups in total. The second kappa shape index (κ2) is 24.0. The molecule has 0 aliphatic heterocycles. The van der Waals surface area contributed by atoms with E-state index in [0.29, 0.717) is 6.42 Å². The van der Waals surface area contributed by atoms with Crippen LogP contribution in [0.2, 0.25) is 0 Å². The summed E-state index contributed by atoms with van der Waals surface area (Å²) in [6.07, 6.45) is 12.6. The fraction of sp³-hybridized carbons (Fsp3) is 0.757. The number of carbonyl (C=O) groups excluding carboxylic acids is 2. The highest BCUT2D eigenvalue weighted by Gasteiger charge is 2.85. The molecule has 8 nitrogen and oxygen atoms in total. The van der Waals surface area contributed by atoms with Crippen LogP contribution in [-0.4, -0.2) is 72.6 Å². The number of ether oxygens (including phenoxy) is 1. The van der Waals surface area contributed by atoms with E-state index in [-0.39, 0.29) is 19.0 Å². The van der Waals surface area contributed by atoms with Gasteiger partial charge in [0.25, 0.3) is 10.0 Å². The zero-order chi connectivity index (χ0) is 42.7. The number of sulfonamides is 1. The normalized spacial score (nSPS) is 13.9. The van der Waals surface area contributed by atoms with Crippen LogP contribution in [0, 0.1) is 0 Å². The van der Waals surface area contributed by atoms with Gasteiger partial charge in [-0.1, -0.05) is 116 Å². The van der Waals surface area contributed by atoms with E-state index >= 15 is 0 Å². The maximum atomic E-state index is 14.2. The van der Waals surface area contributed by atoms with Crippen LogP contribution in [0.1, 0.15) is 143 Å². The lowest BCUT2D eigenvalue weighted by Gasteiger charge is -2.34. The van der Waals surface area contributed by atoms with Crippen molar-refractivity contribution in [1.29, 1.82) is 0 Å². The molecule has 0 aromatic rings. The standard InChI is InChI=1S/C37H56F9NO7S/c1-6-7-8-9-10-11-12-13-14-15-16-17-18-19-20-21-22-23-27(2)32(50)54-33(51)28(3)26-30(29(4)31(48)49)24-25-47(5)55(52,53)37(45,46)35(40,41)34(38,39)36(42,43)44/h26H,2,6-25H2,1,3-5H3,(H,48,49). The fourth-order valence-electron chi connectivity index (χ4n) is 5.34. The van der Waals surface area contributed by atoms with E-state index in [1.807, 2.05) is 0 Å². The quantitative estimate of drug-likeness (QED) is 0.0199. The van der Waals surface area contributed by atoms with Crippen molar-refractivity contribution in [3.05, 3.63) is 34.9 Å². The first-order valence-electron chi connectivity index (χ1n) is 18.5. The molecular weight excluding hydrogens is 773 g/mol. The minimum absolute atomic E-state index is 0.0275. The molecule has 0 bridgehead atoms. The molecule has 320 valence electrons. The van der Waals surface area contributed by atoms with Crippen molar-refractivity contribution >= 4 is 27.9 Å². The molecular formula is C37H56F9NO7S. The third kappa shape index (κ3) is 16.2. The number of nitrogens with zero attached hydrogens (tertiary/aromatic N) is 1. The van der Waals surface area contributed by atoms with Gasteiger partial charge in [-0.3, -0.25) is 0 Å². The lowest BCUT2D eigenvalue weighted by atomic mass is 10.0. The number of aliphatic carboxylic acids is 1. The molecule has 0 aromatic heterocycles. The number of carboxylic acids is 1. The Morgan fingerprint density at radius 3 is 1.45 bits per heavy atom. The molecule has 18 heteroatoms. The van der Waals surface area contributed by atoms with Crippen molar-refractivity contribution in [2.45, 2.75) is 166 Å². The minimum Gasteiger partial charge on any atom is -0.478 e. The molecule has 0 fully saturated rings. The molecule has 0 saturated carbocycles. The summed E-state index contributed by atoms with van der Waals surface area (Å²) in [6.45, 7) is 6.43. The molecule has 0 amide bonds. The number of unbranched alkanes of at least 4 members (excludes halogenated alkanes) is 16. The van der Waals surface area contributed by atoms with Crippen molar-refractivity contribution in [2.24, 2.45) is 0 Å². The molecule has 0 spiro atoms. The number of halogens is 9. The molecule has 0 heterocycles. The Morgan fingerprint density at radius 1 is 0.673 bits per heavy atom. The summed E-state index contributed by atoms with van der Waals surface area (Å²) in [6, 6.07) is 0. The first kappa shape index (κ1) is 52.1. The lowest BCUT2D eigenvalue weighted by Crippen LogP contribution is -2.65. The van der Waals surface area contributed by atoms with E-state index in [1.165, 1.54) is 70.6 Å². The Morgan fingerprint density at radius 2 is 1.07 bits per heavy atom. The summed E-state index contributed by atoms with van der Waals surface area (Å²) in [5, 5.41) is 2.40. The van der Waals surface area contributed by atoms with Gasteiger partial charge in [-0.25, -0.2) is 22.8 Å². The van der Waals surface area contributed by atoms with Gasteiger partial charge in [0.2, 0.25) is 0 Å². The van der Waals surface area contributed by atoms with Crippen LogP contribution in [0.4, 0.5) is 39.5 Å². The van der Waals surface area contributed by atoms with Crippen molar-refractivity contribution in [1.82, 2.24) is 4.31 Å². The number of allylic oxidation sites excluding steroid dienone is 1. The molecule has 0 aliphatic rings. The summed E-state index contributed by atoms with van der Waals surface area (Å²) >= 11 is 0. The van der Waals surface area contributed by atoms with Crippen LogP contribution < -0.4 is 0 Å². The summed E-state index contributed by atoms with van der Waals surface area (Å²) in [7, 11) is -6.78. The van der Waals surface area contributed by atoms with Crippen molar-refractivity contribution < 1.29 is 72.2 Å². The van der Waals surface area contributed by atoms with E-state index < -0.39 is 85.2 Å². The predicted octanol–water partition coefficient (Wildman–Crippen LogP) is 11.1. The number of hydrogen-bond acceptors (Lipinski definition) is 6. The van der Waals surface area contributed by atoms with Crippen LogP contribution in [0.15, 0.2) is 34.9 Å². The Balaban J connectivity index is 4.99. The molecule has 0 radical (unpaired) electrons. The maximum absolute atomic E-state index is 14.2. The molecule has 0 aliphatic carbocycles. The number of alkyl halides is 9. The van der Waals surface area contributed by atoms with Crippen LogP contribution in [0.25, 0.3) is 0 Å². The van der Waals surface area contributed by atoms with E-state index in [1.54, 1.807) is 0 Å². The average Bonchev–Trinajstić information content (AvgIpc) is 3.09. The SMILES string of the molecule is C=C(CCCCCCCCCCCCCCCCCCC)C(=O)OC(=O)C(C)=CC(CCN(C)S(=O)(=O)C(F)(F)C(F)(F)C(F)(F)C(F)(F)F)=C(C)C(=O)O. The van der Waals surface area contributed by atoms with Gasteiger partial charge in [-0.15, -0.1) is 0 Å². The average molecular weight is 830 g/mol. The monoisotopic (exact) mass is 829 g/mol. The zero-order valence-electron chi connectivity index (χ0n) is 32.1. The van der Waals surface area contributed by atoms with Gasteiger partial charge in [0.15, 0.2) is 0 Å². The topological polar surface area (TPSA) is 118 Å². The van der Waals surface area contributed by atoms with E-state index in [4.69, 9.17) is 4.74 Å². The van der Waals surface area contributed by atoms with Crippen LogP contribution >= 0.6 is 0 Å². The Bertz CT molecular complexity index is 1430. The molecule has 0 unspecified atom stereocenters. The summed E-state index contributed by atoms with van der Waals surface area (Å²) in [4.78, 5) is 36.6. The largest absolute Gasteiger partial charge is 0.478 e. The van der Waals surface area contributed by atoms with Crippen molar-refractivity contribution in [3.63, 3.8) is 0 Å². The summed E-state index contributed by atoms with van der Waals surface area (Å²) < 4.78 is 148. The maximum Gasteiger partial charge on any atom is 0.460 e. The third-order valence-electron chi connectivity index (χ3n) is 9.12. The highest BCUT2D eigenvalue weighted by atomic mass is 32.2. The second-order valence-electron chi connectivity index (χ2n) is 13.7. The van der Waals surface area contributed by atoms with Gasteiger partial charge in [0.05, 0.1) is 0 Å². The third-order valence-corrected chi connectivity index (χ3v) is 11.0. The fourth-order valence-corrected chi connectivity index (χ4v) is 6.52. The van der Waals surface area contributed by atoms with E-state index in [0.717, 1.165) is 52.0 Å². The molecule has 0 aromatic carbocycles. The first-order chi connectivity index (χ1) is 25.3. The van der Waals surface area contributed by atoms with Gasteiger partial charge >= 0.3 is 41.2 Å². The molecule has 0 saturated heterocycles. The van der Waals surface area contributed by atoms with Crippen LogP contribution in [0.5, 0.6) is 0 Å². The Kier molecular flexibility index (Phi) is 22.7. The second-order valence-corrected chi connectivity index (χ2v) is 15.8. The Hall–Kier alpha value is -2.89. The number of esters is 2. The van der Waals surface area contributed by atoms with E-state index in [9.17, 15) is 67.4 Å². The van der Waals surface area contributed by atoms with Crippen LogP contribution in [0.3, 0.4) is 0 Å². The molecule has 55 heavy (non-hydrogen) atoms. The van der Waals surface area contributed by atoms with Crippen molar-refractivity contribution in [2.75, 3.05) is 13.6 Å².